The van der Waals surface area contributed by atoms with E-state index in [-0.39, 0.29) is 23.9 Å². The van der Waals surface area contributed by atoms with Gasteiger partial charge in [0.1, 0.15) is 5.82 Å². The molecule has 0 atom stereocenters. The third-order valence-corrected chi connectivity index (χ3v) is 3.88. The summed E-state index contributed by atoms with van der Waals surface area (Å²) < 4.78 is 13.6. The Hall–Kier alpha value is -2.21. The minimum atomic E-state index is -0.445. The number of thiophene rings is 1. The van der Waals surface area contributed by atoms with Crippen molar-refractivity contribution >= 4 is 28.8 Å². The van der Waals surface area contributed by atoms with Crippen LogP contribution >= 0.6 is 11.3 Å². The molecule has 0 aliphatic heterocycles. The van der Waals surface area contributed by atoms with Crippen molar-refractivity contribution in [1.82, 2.24) is 5.32 Å². The number of aryl methyl sites for hydroxylation is 1. The van der Waals surface area contributed by atoms with Gasteiger partial charge in [-0.15, -0.1) is 11.3 Å². The molecular formula is C16H17FN2O2S. The van der Waals surface area contributed by atoms with E-state index in [0.717, 1.165) is 5.56 Å². The number of amides is 2. The van der Waals surface area contributed by atoms with E-state index in [2.05, 4.69) is 10.6 Å². The molecule has 0 saturated carbocycles. The van der Waals surface area contributed by atoms with Crippen molar-refractivity contribution in [2.24, 2.45) is 0 Å². The first-order chi connectivity index (χ1) is 10.6. The van der Waals surface area contributed by atoms with Crippen LogP contribution in [0.5, 0.6) is 0 Å². The molecule has 0 saturated heterocycles. The van der Waals surface area contributed by atoms with Crippen LogP contribution in [0.25, 0.3) is 0 Å². The van der Waals surface area contributed by atoms with Gasteiger partial charge in [0.05, 0.1) is 10.6 Å². The Balaban J connectivity index is 1.71. The Morgan fingerprint density at radius 1 is 1.27 bits per heavy atom. The summed E-state index contributed by atoms with van der Waals surface area (Å²) in [5.41, 5.74) is 0.977. The first-order valence-corrected chi connectivity index (χ1v) is 7.82. The second-order valence-corrected chi connectivity index (χ2v) is 5.82. The molecule has 2 amide bonds. The zero-order valence-corrected chi connectivity index (χ0v) is 13.0. The molecule has 2 aromatic rings. The number of carbonyl (C=O) groups is 2. The Bertz CT molecular complexity index is 656. The summed E-state index contributed by atoms with van der Waals surface area (Å²) in [6.45, 7) is 2.19. The third-order valence-electron chi connectivity index (χ3n) is 3.01. The van der Waals surface area contributed by atoms with Crippen molar-refractivity contribution in [1.29, 1.82) is 0 Å². The van der Waals surface area contributed by atoms with E-state index in [1.165, 1.54) is 17.4 Å². The second-order valence-electron chi connectivity index (χ2n) is 4.87. The van der Waals surface area contributed by atoms with Crippen molar-refractivity contribution in [3.05, 3.63) is 52.0 Å². The molecule has 0 radical (unpaired) electrons. The largest absolute Gasteiger partial charge is 0.351 e. The molecule has 0 aliphatic rings. The number of rotatable bonds is 6. The van der Waals surface area contributed by atoms with Crippen molar-refractivity contribution < 1.29 is 14.0 Å². The maximum Gasteiger partial charge on any atom is 0.261 e. The van der Waals surface area contributed by atoms with Gasteiger partial charge in [0.25, 0.3) is 5.91 Å². The van der Waals surface area contributed by atoms with Gasteiger partial charge in [0, 0.05) is 13.0 Å². The standard InChI is InChI=1S/C16H17FN2O2S/c1-11-6-7-13(12(17)10-11)19-15(20)5-2-8-18-16(21)14-4-3-9-22-14/h3-4,6-7,9-10H,2,5,8H2,1H3,(H,18,21)(H,19,20). The highest BCUT2D eigenvalue weighted by Crippen LogP contribution is 2.15. The van der Waals surface area contributed by atoms with E-state index >= 15 is 0 Å². The number of anilines is 1. The van der Waals surface area contributed by atoms with Gasteiger partial charge < -0.3 is 10.6 Å². The maximum absolute atomic E-state index is 13.6. The van der Waals surface area contributed by atoms with Gasteiger partial charge in [0.2, 0.25) is 5.91 Å². The van der Waals surface area contributed by atoms with Crippen LogP contribution in [0.1, 0.15) is 28.1 Å². The van der Waals surface area contributed by atoms with Gasteiger partial charge in [-0.25, -0.2) is 4.39 Å². The van der Waals surface area contributed by atoms with Crippen LogP contribution in [0.3, 0.4) is 0 Å². The van der Waals surface area contributed by atoms with Crippen LogP contribution < -0.4 is 10.6 Å². The highest BCUT2D eigenvalue weighted by atomic mass is 32.1. The Morgan fingerprint density at radius 3 is 2.77 bits per heavy atom. The molecule has 22 heavy (non-hydrogen) atoms. The zero-order chi connectivity index (χ0) is 15.9. The van der Waals surface area contributed by atoms with E-state index in [0.29, 0.717) is 17.8 Å². The topological polar surface area (TPSA) is 58.2 Å². The first kappa shape index (κ1) is 16.2. The number of hydrogen-bond donors (Lipinski definition) is 2. The van der Waals surface area contributed by atoms with Crippen molar-refractivity contribution in [3.63, 3.8) is 0 Å². The average molecular weight is 320 g/mol. The monoisotopic (exact) mass is 320 g/mol. The van der Waals surface area contributed by atoms with E-state index in [1.54, 1.807) is 25.1 Å². The van der Waals surface area contributed by atoms with Gasteiger partial charge in [-0.1, -0.05) is 12.1 Å². The molecule has 0 spiro atoms. The molecule has 0 bridgehead atoms. The lowest BCUT2D eigenvalue weighted by atomic mass is 10.2. The number of nitrogens with one attached hydrogen (secondary N) is 2. The fraction of sp³-hybridized carbons (Fsp3) is 0.250. The SMILES string of the molecule is Cc1ccc(NC(=O)CCCNC(=O)c2cccs2)c(F)c1. The molecule has 0 unspecified atom stereocenters. The molecule has 1 heterocycles. The Morgan fingerprint density at radius 2 is 2.09 bits per heavy atom. The predicted molar refractivity (Wildman–Crippen MR) is 85.7 cm³/mol. The second kappa shape index (κ2) is 7.70. The third kappa shape index (κ3) is 4.66. The van der Waals surface area contributed by atoms with Crippen molar-refractivity contribution in [2.75, 3.05) is 11.9 Å². The normalized spacial score (nSPS) is 10.3. The molecule has 1 aromatic heterocycles. The maximum atomic E-state index is 13.6. The molecule has 4 nitrogen and oxygen atoms in total. The predicted octanol–water partition coefficient (Wildman–Crippen LogP) is 3.34. The molecule has 2 N–H and O–H groups in total. The quantitative estimate of drug-likeness (QED) is 0.802. The molecule has 116 valence electrons. The van der Waals surface area contributed by atoms with Crippen molar-refractivity contribution in [3.8, 4) is 0 Å². The highest BCUT2D eigenvalue weighted by Gasteiger charge is 2.08. The Labute approximate surface area is 132 Å². The first-order valence-electron chi connectivity index (χ1n) is 6.94. The van der Waals surface area contributed by atoms with Crippen LogP contribution in [0, 0.1) is 12.7 Å². The number of hydrogen-bond acceptors (Lipinski definition) is 3. The number of carbonyl (C=O) groups excluding carboxylic acids is 2. The molecule has 6 heteroatoms. The summed E-state index contributed by atoms with van der Waals surface area (Å²) in [4.78, 5) is 24.0. The van der Waals surface area contributed by atoms with E-state index in [9.17, 15) is 14.0 Å². The van der Waals surface area contributed by atoms with Crippen LogP contribution in [0.4, 0.5) is 10.1 Å². The van der Waals surface area contributed by atoms with Gasteiger partial charge in [-0.2, -0.15) is 0 Å². The summed E-state index contributed by atoms with van der Waals surface area (Å²) in [5.74, 6) is -0.854. The lowest BCUT2D eigenvalue weighted by molar-refractivity contribution is -0.116. The van der Waals surface area contributed by atoms with Crippen LogP contribution in [0.15, 0.2) is 35.7 Å². The van der Waals surface area contributed by atoms with E-state index < -0.39 is 5.82 Å². The summed E-state index contributed by atoms with van der Waals surface area (Å²) >= 11 is 1.37. The van der Waals surface area contributed by atoms with E-state index in [4.69, 9.17) is 0 Å². The van der Waals surface area contributed by atoms with Crippen LogP contribution in [0.2, 0.25) is 0 Å². The van der Waals surface area contributed by atoms with Gasteiger partial charge in [-0.05, 0) is 42.5 Å². The molecule has 0 fully saturated rings. The minimum absolute atomic E-state index is 0.139. The lowest BCUT2D eigenvalue weighted by Gasteiger charge is -2.07. The fourth-order valence-corrected chi connectivity index (χ4v) is 2.52. The summed E-state index contributed by atoms with van der Waals surface area (Å²) in [6.07, 6.45) is 0.717. The van der Waals surface area contributed by atoms with Crippen LogP contribution in [-0.4, -0.2) is 18.4 Å². The smallest absolute Gasteiger partial charge is 0.261 e. The van der Waals surface area contributed by atoms with Gasteiger partial charge >= 0.3 is 0 Å². The number of halogens is 1. The fourth-order valence-electron chi connectivity index (χ4n) is 1.88. The minimum Gasteiger partial charge on any atom is -0.351 e. The summed E-state index contributed by atoms with van der Waals surface area (Å²) in [5, 5.41) is 7.10. The molecule has 1 aromatic carbocycles. The average Bonchev–Trinajstić information content (AvgIpc) is 3.01. The molecular weight excluding hydrogens is 303 g/mol. The van der Waals surface area contributed by atoms with Gasteiger partial charge in [-0.3, -0.25) is 9.59 Å². The van der Waals surface area contributed by atoms with Crippen LogP contribution in [-0.2, 0) is 4.79 Å². The van der Waals surface area contributed by atoms with E-state index in [1.807, 2.05) is 11.4 Å². The number of benzene rings is 1. The molecule has 2 rings (SSSR count). The molecule has 0 aliphatic carbocycles. The van der Waals surface area contributed by atoms with Gasteiger partial charge in [0.15, 0.2) is 0 Å². The lowest BCUT2D eigenvalue weighted by Crippen LogP contribution is -2.24. The van der Waals surface area contributed by atoms with Crippen molar-refractivity contribution in [2.45, 2.75) is 19.8 Å². The summed E-state index contributed by atoms with van der Waals surface area (Å²) in [6, 6.07) is 8.20. The Kier molecular flexibility index (Phi) is 5.66. The highest BCUT2D eigenvalue weighted by molar-refractivity contribution is 7.12. The zero-order valence-electron chi connectivity index (χ0n) is 12.2. The summed E-state index contributed by atoms with van der Waals surface area (Å²) in [7, 11) is 0.